The molecule has 0 radical (unpaired) electrons. The second-order valence-corrected chi connectivity index (χ2v) is 3.63. The van der Waals surface area contributed by atoms with Crippen molar-refractivity contribution in [2.45, 2.75) is 13.5 Å². The van der Waals surface area contributed by atoms with Gasteiger partial charge in [-0.2, -0.15) is 5.10 Å². The predicted octanol–water partition coefficient (Wildman–Crippen LogP) is 2.40. The van der Waals surface area contributed by atoms with Crippen LogP contribution in [0.2, 0.25) is 0 Å². The summed E-state index contributed by atoms with van der Waals surface area (Å²) < 4.78 is 19.6. The zero-order chi connectivity index (χ0) is 12.3. The van der Waals surface area contributed by atoms with Gasteiger partial charge in [-0.1, -0.05) is 0 Å². The van der Waals surface area contributed by atoms with E-state index in [1.165, 1.54) is 42.1 Å². The van der Waals surface area contributed by atoms with Crippen molar-refractivity contribution < 1.29 is 13.9 Å². The minimum atomic E-state index is -0.315. The fourth-order valence-corrected chi connectivity index (χ4v) is 1.35. The standard InChI is InChI=1S/C12H11FN2O2/c1-9(16)7-15-8-12(6-14-15)17-11-4-2-10(13)3-5-11/h2-6,8H,7H2,1H3. The van der Waals surface area contributed by atoms with Gasteiger partial charge in [0.25, 0.3) is 0 Å². The van der Waals surface area contributed by atoms with Gasteiger partial charge in [-0.05, 0) is 31.2 Å². The van der Waals surface area contributed by atoms with Gasteiger partial charge in [-0.3, -0.25) is 9.48 Å². The second kappa shape index (κ2) is 4.78. The molecular formula is C12H11FN2O2. The largest absolute Gasteiger partial charge is 0.454 e. The van der Waals surface area contributed by atoms with E-state index in [1.54, 1.807) is 6.20 Å². The van der Waals surface area contributed by atoms with E-state index in [4.69, 9.17) is 4.74 Å². The maximum Gasteiger partial charge on any atom is 0.165 e. The van der Waals surface area contributed by atoms with Gasteiger partial charge in [-0.15, -0.1) is 0 Å². The van der Waals surface area contributed by atoms with Crippen LogP contribution in [0, 0.1) is 5.82 Å². The number of hydrogen-bond donors (Lipinski definition) is 0. The number of rotatable bonds is 4. The van der Waals surface area contributed by atoms with E-state index in [2.05, 4.69) is 5.10 Å². The number of ketones is 1. The van der Waals surface area contributed by atoms with Crippen molar-refractivity contribution in [3.8, 4) is 11.5 Å². The van der Waals surface area contributed by atoms with Crippen molar-refractivity contribution in [1.29, 1.82) is 0 Å². The summed E-state index contributed by atoms with van der Waals surface area (Å²) in [6, 6.07) is 5.68. The molecule has 1 aromatic heterocycles. The van der Waals surface area contributed by atoms with Gasteiger partial charge in [0.15, 0.2) is 11.5 Å². The summed E-state index contributed by atoms with van der Waals surface area (Å²) in [5.74, 6) is 0.734. The molecule has 0 fully saturated rings. The third-order valence-electron chi connectivity index (χ3n) is 2.04. The Labute approximate surface area is 97.6 Å². The Morgan fingerprint density at radius 1 is 1.35 bits per heavy atom. The van der Waals surface area contributed by atoms with E-state index >= 15 is 0 Å². The van der Waals surface area contributed by atoms with Crippen LogP contribution in [0.15, 0.2) is 36.7 Å². The van der Waals surface area contributed by atoms with Crippen molar-refractivity contribution in [3.63, 3.8) is 0 Å². The summed E-state index contributed by atoms with van der Waals surface area (Å²) in [4.78, 5) is 10.9. The summed E-state index contributed by atoms with van der Waals surface area (Å²) in [6.45, 7) is 1.70. The van der Waals surface area contributed by atoms with Gasteiger partial charge in [0.2, 0.25) is 0 Å². The molecular weight excluding hydrogens is 223 g/mol. The molecule has 17 heavy (non-hydrogen) atoms. The van der Waals surface area contributed by atoms with Gasteiger partial charge in [0.1, 0.15) is 11.6 Å². The Morgan fingerprint density at radius 3 is 2.71 bits per heavy atom. The molecule has 88 valence electrons. The third-order valence-corrected chi connectivity index (χ3v) is 2.04. The fraction of sp³-hybridized carbons (Fsp3) is 0.167. The van der Waals surface area contributed by atoms with Crippen LogP contribution in [-0.2, 0) is 11.3 Å². The molecule has 0 unspecified atom stereocenters. The van der Waals surface area contributed by atoms with Crippen LogP contribution in [0.3, 0.4) is 0 Å². The smallest absolute Gasteiger partial charge is 0.165 e. The monoisotopic (exact) mass is 234 g/mol. The lowest BCUT2D eigenvalue weighted by atomic mass is 10.3. The quantitative estimate of drug-likeness (QED) is 0.815. The Balaban J connectivity index is 2.06. The topological polar surface area (TPSA) is 44.1 Å². The lowest BCUT2D eigenvalue weighted by Crippen LogP contribution is -2.05. The maximum atomic E-state index is 12.7. The van der Waals surface area contributed by atoms with E-state index in [0.29, 0.717) is 11.5 Å². The molecule has 5 heteroatoms. The normalized spacial score (nSPS) is 10.2. The third kappa shape index (κ3) is 3.14. The molecule has 0 spiro atoms. The summed E-state index contributed by atoms with van der Waals surface area (Å²) in [5, 5.41) is 3.97. The van der Waals surface area contributed by atoms with Crippen LogP contribution in [-0.4, -0.2) is 15.6 Å². The highest BCUT2D eigenvalue weighted by Gasteiger charge is 2.03. The average molecular weight is 234 g/mol. The van der Waals surface area contributed by atoms with Gasteiger partial charge < -0.3 is 4.74 Å². The van der Waals surface area contributed by atoms with E-state index in [-0.39, 0.29) is 18.1 Å². The van der Waals surface area contributed by atoms with Crippen molar-refractivity contribution in [2.75, 3.05) is 0 Å². The Bertz CT molecular complexity index is 520. The molecule has 0 aliphatic rings. The number of benzene rings is 1. The second-order valence-electron chi connectivity index (χ2n) is 3.63. The van der Waals surface area contributed by atoms with E-state index < -0.39 is 0 Å². The van der Waals surface area contributed by atoms with Crippen LogP contribution >= 0.6 is 0 Å². The van der Waals surface area contributed by atoms with E-state index in [1.807, 2.05) is 0 Å². The Hall–Kier alpha value is -2.17. The number of carbonyl (C=O) groups is 1. The molecule has 4 nitrogen and oxygen atoms in total. The number of halogens is 1. The SMILES string of the molecule is CC(=O)Cn1cc(Oc2ccc(F)cc2)cn1. The Morgan fingerprint density at radius 2 is 2.06 bits per heavy atom. The van der Waals surface area contributed by atoms with Crippen LogP contribution in [0.1, 0.15) is 6.92 Å². The van der Waals surface area contributed by atoms with Crippen molar-refractivity contribution in [3.05, 3.63) is 42.5 Å². The minimum Gasteiger partial charge on any atom is -0.454 e. The lowest BCUT2D eigenvalue weighted by molar-refractivity contribution is -0.117. The van der Waals surface area contributed by atoms with E-state index in [0.717, 1.165) is 0 Å². The summed E-state index contributed by atoms with van der Waals surface area (Å²) in [5.41, 5.74) is 0. The highest BCUT2D eigenvalue weighted by molar-refractivity contribution is 5.75. The zero-order valence-corrected chi connectivity index (χ0v) is 9.26. The van der Waals surface area contributed by atoms with E-state index in [9.17, 15) is 9.18 Å². The van der Waals surface area contributed by atoms with Crippen LogP contribution in [0.4, 0.5) is 4.39 Å². The number of Topliss-reactive ketones (excluding diaryl/α,β-unsaturated/α-hetero) is 1. The molecule has 0 N–H and O–H groups in total. The summed E-state index contributed by atoms with van der Waals surface area (Å²) >= 11 is 0. The van der Waals surface area contributed by atoms with Crippen LogP contribution in [0.25, 0.3) is 0 Å². The van der Waals surface area contributed by atoms with Gasteiger partial charge in [0.05, 0.1) is 18.9 Å². The van der Waals surface area contributed by atoms with Crippen LogP contribution in [0.5, 0.6) is 11.5 Å². The molecule has 2 aromatic rings. The highest BCUT2D eigenvalue weighted by atomic mass is 19.1. The fourth-order valence-electron chi connectivity index (χ4n) is 1.35. The number of nitrogens with zero attached hydrogens (tertiary/aromatic N) is 2. The first kappa shape index (κ1) is 11.3. The zero-order valence-electron chi connectivity index (χ0n) is 9.26. The van der Waals surface area contributed by atoms with Gasteiger partial charge >= 0.3 is 0 Å². The molecule has 0 aliphatic heterocycles. The van der Waals surface area contributed by atoms with Gasteiger partial charge in [0, 0.05) is 0 Å². The molecule has 0 bridgehead atoms. The minimum absolute atomic E-state index is 0.0152. The molecule has 0 saturated heterocycles. The molecule has 2 rings (SSSR count). The molecule has 0 amide bonds. The number of hydrogen-bond acceptors (Lipinski definition) is 3. The lowest BCUT2D eigenvalue weighted by Gasteiger charge is -2.01. The number of carbonyl (C=O) groups excluding carboxylic acids is 1. The highest BCUT2D eigenvalue weighted by Crippen LogP contribution is 2.20. The number of ether oxygens (including phenoxy) is 1. The first-order valence-electron chi connectivity index (χ1n) is 5.09. The van der Waals surface area contributed by atoms with Gasteiger partial charge in [-0.25, -0.2) is 4.39 Å². The summed E-state index contributed by atoms with van der Waals surface area (Å²) in [7, 11) is 0. The first-order valence-corrected chi connectivity index (χ1v) is 5.09. The van der Waals surface area contributed by atoms with Crippen LogP contribution < -0.4 is 4.74 Å². The van der Waals surface area contributed by atoms with Crippen molar-refractivity contribution in [1.82, 2.24) is 9.78 Å². The molecule has 1 heterocycles. The van der Waals surface area contributed by atoms with Crippen molar-refractivity contribution >= 4 is 5.78 Å². The molecule has 0 saturated carbocycles. The first-order chi connectivity index (χ1) is 8.13. The molecule has 0 aliphatic carbocycles. The average Bonchev–Trinajstić information content (AvgIpc) is 2.68. The molecule has 1 aromatic carbocycles. The van der Waals surface area contributed by atoms with Crippen molar-refractivity contribution in [2.24, 2.45) is 0 Å². The summed E-state index contributed by atoms with van der Waals surface area (Å²) in [6.07, 6.45) is 3.12. The maximum absolute atomic E-state index is 12.7. The molecule has 0 atom stereocenters. The number of aromatic nitrogens is 2. The predicted molar refractivity (Wildman–Crippen MR) is 59.4 cm³/mol. The Kier molecular flexibility index (Phi) is 3.18.